The van der Waals surface area contributed by atoms with Gasteiger partial charge in [-0.25, -0.2) is 4.39 Å². The molecule has 0 aromatic heterocycles. The van der Waals surface area contributed by atoms with Crippen molar-refractivity contribution < 1.29 is 14.3 Å². The van der Waals surface area contributed by atoms with Crippen molar-refractivity contribution in [2.75, 3.05) is 5.32 Å². The highest BCUT2D eigenvalue weighted by atomic mass is 19.1. The lowest BCUT2D eigenvalue weighted by Crippen LogP contribution is -2.12. The fourth-order valence-electron chi connectivity index (χ4n) is 1.54. The molecule has 3 nitrogen and oxygen atoms in total. The molecule has 0 radical (unpaired) electrons. The van der Waals surface area contributed by atoms with Crippen molar-refractivity contribution in [2.45, 2.75) is 6.92 Å². The van der Waals surface area contributed by atoms with Crippen molar-refractivity contribution in [3.63, 3.8) is 0 Å². The van der Waals surface area contributed by atoms with E-state index in [-0.39, 0.29) is 11.4 Å². The van der Waals surface area contributed by atoms with E-state index in [9.17, 15) is 9.18 Å². The number of nitrogens with one attached hydrogen (secondary N) is 1. The number of aromatic hydroxyl groups is 1. The Morgan fingerprint density at radius 3 is 2.50 bits per heavy atom. The van der Waals surface area contributed by atoms with Gasteiger partial charge in [-0.3, -0.25) is 4.79 Å². The molecule has 0 unspecified atom stereocenters. The van der Waals surface area contributed by atoms with Crippen LogP contribution in [0.5, 0.6) is 5.75 Å². The van der Waals surface area contributed by atoms with Crippen LogP contribution in [-0.2, 0) is 0 Å². The molecule has 2 rings (SSSR count). The summed E-state index contributed by atoms with van der Waals surface area (Å²) in [6.07, 6.45) is 0. The molecule has 2 aromatic carbocycles. The largest absolute Gasteiger partial charge is 0.508 e. The molecule has 0 saturated heterocycles. The molecule has 0 bridgehead atoms. The van der Waals surface area contributed by atoms with Crippen LogP contribution in [0, 0.1) is 12.7 Å². The average Bonchev–Trinajstić information content (AvgIpc) is 2.34. The summed E-state index contributed by atoms with van der Waals surface area (Å²) in [5.74, 6) is -0.819. The number of benzene rings is 2. The molecule has 0 spiro atoms. The van der Waals surface area contributed by atoms with Gasteiger partial charge in [0.15, 0.2) is 0 Å². The highest BCUT2D eigenvalue weighted by Gasteiger charge is 2.09. The van der Waals surface area contributed by atoms with E-state index < -0.39 is 11.7 Å². The van der Waals surface area contributed by atoms with Gasteiger partial charge in [-0.2, -0.15) is 0 Å². The average molecular weight is 245 g/mol. The van der Waals surface area contributed by atoms with E-state index in [0.29, 0.717) is 5.56 Å². The molecule has 18 heavy (non-hydrogen) atoms. The van der Waals surface area contributed by atoms with Crippen LogP contribution in [0.4, 0.5) is 10.1 Å². The number of anilines is 1. The van der Waals surface area contributed by atoms with Gasteiger partial charge in [0.2, 0.25) is 0 Å². The maximum absolute atomic E-state index is 13.5. The quantitative estimate of drug-likeness (QED) is 0.854. The Labute approximate surface area is 104 Å². The monoisotopic (exact) mass is 245 g/mol. The van der Waals surface area contributed by atoms with Crippen molar-refractivity contribution >= 4 is 11.6 Å². The van der Waals surface area contributed by atoms with Crippen LogP contribution < -0.4 is 5.32 Å². The number of hydrogen-bond donors (Lipinski definition) is 2. The number of carbonyl (C=O) groups is 1. The summed E-state index contributed by atoms with van der Waals surface area (Å²) >= 11 is 0. The van der Waals surface area contributed by atoms with Gasteiger partial charge in [0.25, 0.3) is 5.91 Å². The van der Waals surface area contributed by atoms with Crippen LogP contribution in [0.3, 0.4) is 0 Å². The van der Waals surface area contributed by atoms with Crippen molar-refractivity contribution in [3.05, 3.63) is 59.4 Å². The normalized spacial score (nSPS) is 10.1. The van der Waals surface area contributed by atoms with Gasteiger partial charge in [-0.15, -0.1) is 0 Å². The third-order valence-corrected chi connectivity index (χ3v) is 2.50. The number of amides is 1. The van der Waals surface area contributed by atoms with E-state index in [1.807, 2.05) is 6.92 Å². The van der Waals surface area contributed by atoms with Crippen LogP contribution >= 0.6 is 0 Å². The van der Waals surface area contributed by atoms with E-state index in [0.717, 1.165) is 5.56 Å². The van der Waals surface area contributed by atoms with Gasteiger partial charge in [-0.1, -0.05) is 6.07 Å². The Morgan fingerprint density at radius 1 is 1.17 bits per heavy atom. The van der Waals surface area contributed by atoms with Crippen molar-refractivity contribution in [2.24, 2.45) is 0 Å². The van der Waals surface area contributed by atoms with Crippen molar-refractivity contribution in [1.29, 1.82) is 0 Å². The van der Waals surface area contributed by atoms with Crippen LogP contribution in [0.25, 0.3) is 0 Å². The minimum Gasteiger partial charge on any atom is -0.508 e. The van der Waals surface area contributed by atoms with Crippen LogP contribution in [-0.4, -0.2) is 11.0 Å². The molecule has 0 aliphatic heterocycles. The SMILES string of the molecule is Cc1ccc(F)c(NC(=O)c2ccc(O)cc2)c1. The van der Waals surface area contributed by atoms with E-state index >= 15 is 0 Å². The molecule has 2 N–H and O–H groups in total. The van der Waals surface area contributed by atoms with E-state index in [4.69, 9.17) is 5.11 Å². The number of carbonyl (C=O) groups excluding carboxylic acids is 1. The standard InChI is InChI=1S/C14H12FNO2/c1-9-2-7-12(15)13(8-9)16-14(18)10-3-5-11(17)6-4-10/h2-8,17H,1H3,(H,16,18). The number of phenols is 1. The maximum atomic E-state index is 13.5. The molecule has 0 aliphatic rings. The molecule has 0 atom stereocenters. The molecule has 1 amide bonds. The number of halogens is 1. The Bertz CT molecular complexity index is 579. The lowest BCUT2D eigenvalue weighted by atomic mass is 10.2. The Hall–Kier alpha value is -2.36. The third-order valence-electron chi connectivity index (χ3n) is 2.50. The minimum atomic E-state index is -0.479. The van der Waals surface area contributed by atoms with Gasteiger partial charge < -0.3 is 10.4 Å². The second-order valence-electron chi connectivity index (χ2n) is 3.98. The predicted octanol–water partition coefficient (Wildman–Crippen LogP) is 3.09. The zero-order valence-corrected chi connectivity index (χ0v) is 9.77. The lowest BCUT2D eigenvalue weighted by Gasteiger charge is -2.07. The Balaban J connectivity index is 2.21. The molecule has 0 aliphatic carbocycles. The van der Waals surface area contributed by atoms with Gasteiger partial charge in [0.1, 0.15) is 11.6 Å². The lowest BCUT2D eigenvalue weighted by molar-refractivity contribution is 0.102. The highest BCUT2D eigenvalue weighted by molar-refractivity contribution is 6.04. The van der Waals surface area contributed by atoms with Gasteiger partial charge in [0, 0.05) is 5.56 Å². The zero-order chi connectivity index (χ0) is 13.1. The number of aryl methyl sites for hydroxylation is 1. The second kappa shape index (κ2) is 4.87. The molecule has 0 heterocycles. The summed E-state index contributed by atoms with van der Waals surface area (Å²) in [5, 5.41) is 11.6. The van der Waals surface area contributed by atoms with E-state index in [1.54, 1.807) is 12.1 Å². The van der Waals surface area contributed by atoms with Crippen molar-refractivity contribution in [1.82, 2.24) is 0 Å². The number of hydrogen-bond acceptors (Lipinski definition) is 2. The molecular formula is C14H12FNO2. The van der Waals surface area contributed by atoms with E-state index in [2.05, 4.69) is 5.32 Å². The molecule has 2 aromatic rings. The molecule has 0 saturated carbocycles. The fraction of sp³-hybridized carbons (Fsp3) is 0.0714. The van der Waals surface area contributed by atoms with Gasteiger partial charge >= 0.3 is 0 Å². The first kappa shape index (κ1) is 12.1. The number of phenolic OH excluding ortho intramolecular Hbond substituents is 1. The first-order valence-electron chi connectivity index (χ1n) is 5.43. The first-order valence-corrected chi connectivity index (χ1v) is 5.43. The van der Waals surface area contributed by atoms with Gasteiger partial charge in [-0.05, 0) is 48.9 Å². The predicted molar refractivity (Wildman–Crippen MR) is 67.2 cm³/mol. The van der Waals surface area contributed by atoms with Crippen LogP contribution in [0.2, 0.25) is 0 Å². The topological polar surface area (TPSA) is 49.3 Å². The minimum absolute atomic E-state index is 0.0771. The first-order chi connectivity index (χ1) is 8.56. The smallest absolute Gasteiger partial charge is 0.255 e. The Morgan fingerprint density at radius 2 is 1.83 bits per heavy atom. The van der Waals surface area contributed by atoms with Crippen LogP contribution in [0.1, 0.15) is 15.9 Å². The summed E-state index contributed by atoms with van der Waals surface area (Å²) in [5.41, 5.74) is 1.36. The summed E-state index contributed by atoms with van der Waals surface area (Å²) < 4.78 is 13.5. The highest BCUT2D eigenvalue weighted by Crippen LogP contribution is 2.17. The van der Waals surface area contributed by atoms with Crippen molar-refractivity contribution in [3.8, 4) is 5.75 Å². The fourth-order valence-corrected chi connectivity index (χ4v) is 1.54. The summed E-state index contributed by atoms with van der Waals surface area (Å²) in [6, 6.07) is 10.3. The van der Waals surface area contributed by atoms with E-state index in [1.165, 1.54) is 30.3 Å². The maximum Gasteiger partial charge on any atom is 0.255 e. The molecular weight excluding hydrogens is 233 g/mol. The number of rotatable bonds is 2. The second-order valence-corrected chi connectivity index (χ2v) is 3.98. The molecule has 4 heteroatoms. The zero-order valence-electron chi connectivity index (χ0n) is 9.77. The summed E-state index contributed by atoms with van der Waals surface area (Å²) in [6.45, 7) is 1.82. The third kappa shape index (κ3) is 2.66. The summed E-state index contributed by atoms with van der Waals surface area (Å²) in [4.78, 5) is 11.8. The molecule has 92 valence electrons. The Kier molecular flexibility index (Phi) is 3.28. The van der Waals surface area contributed by atoms with Gasteiger partial charge in [0.05, 0.1) is 5.69 Å². The molecule has 0 fully saturated rings. The summed E-state index contributed by atoms with van der Waals surface area (Å²) in [7, 11) is 0. The van der Waals surface area contributed by atoms with Crippen LogP contribution in [0.15, 0.2) is 42.5 Å².